The van der Waals surface area contributed by atoms with Crippen LogP contribution in [-0.2, 0) is 16.1 Å². The van der Waals surface area contributed by atoms with Crippen molar-refractivity contribution in [2.24, 2.45) is 5.73 Å². The molecular formula is C19H23NO3. The summed E-state index contributed by atoms with van der Waals surface area (Å²) in [5, 5.41) is 0. The van der Waals surface area contributed by atoms with E-state index in [-0.39, 0.29) is 11.9 Å². The monoisotopic (exact) mass is 313 g/mol. The summed E-state index contributed by atoms with van der Waals surface area (Å²) < 4.78 is 10.7. The minimum absolute atomic E-state index is 0.0303. The first-order chi connectivity index (χ1) is 11.2. The molecule has 0 aliphatic carbocycles. The van der Waals surface area contributed by atoms with E-state index >= 15 is 0 Å². The number of hydrogen-bond acceptors (Lipinski definition) is 4. The highest BCUT2D eigenvalue weighted by molar-refractivity contribution is 5.70. The van der Waals surface area contributed by atoms with Crippen LogP contribution < -0.4 is 10.5 Å². The Balaban J connectivity index is 1.93. The maximum Gasteiger partial charge on any atom is 0.306 e. The van der Waals surface area contributed by atoms with E-state index in [1.165, 1.54) is 0 Å². The van der Waals surface area contributed by atoms with Gasteiger partial charge < -0.3 is 15.2 Å². The van der Waals surface area contributed by atoms with Gasteiger partial charge in [-0.1, -0.05) is 42.5 Å². The lowest BCUT2D eigenvalue weighted by Gasteiger charge is -2.15. The summed E-state index contributed by atoms with van der Waals surface area (Å²) in [6, 6.07) is 17.7. The van der Waals surface area contributed by atoms with Crippen LogP contribution >= 0.6 is 0 Å². The molecule has 4 nitrogen and oxygen atoms in total. The molecule has 0 saturated carbocycles. The van der Waals surface area contributed by atoms with E-state index in [9.17, 15) is 4.79 Å². The normalized spacial score (nSPS) is 11.7. The van der Waals surface area contributed by atoms with E-state index in [1.807, 2.05) is 54.6 Å². The molecule has 4 heteroatoms. The average molecular weight is 313 g/mol. The maximum absolute atomic E-state index is 11.6. The van der Waals surface area contributed by atoms with Gasteiger partial charge >= 0.3 is 5.97 Å². The molecule has 2 N–H and O–H groups in total. The van der Waals surface area contributed by atoms with Crippen molar-refractivity contribution >= 4 is 5.97 Å². The van der Waals surface area contributed by atoms with Crippen LogP contribution in [0.2, 0.25) is 0 Å². The maximum atomic E-state index is 11.6. The fourth-order valence-corrected chi connectivity index (χ4v) is 2.34. The molecular weight excluding hydrogens is 290 g/mol. The molecule has 0 aromatic heterocycles. The lowest BCUT2D eigenvalue weighted by Crippen LogP contribution is -2.18. The van der Waals surface area contributed by atoms with Gasteiger partial charge in [0.05, 0.1) is 13.0 Å². The van der Waals surface area contributed by atoms with Gasteiger partial charge in [-0.3, -0.25) is 4.79 Å². The number of ether oxygens (including phenoxy) is 2. The van der Waals surface area contributed by atoms with E-state index in [0.29, 0.717) is 26.2 Å². The van der Waals surface area contributed by atoms with Crippen LogP contribution in [0.25, 0.3) is 0 Å². The fraction of sp³-hybridized carbons (Fsp3) is 0.316. The molecule has 0 aliphatic rings. The third-order valence-electron chi connectivity index (χ3n) is 3.60. The number of carbonyl (C=O) groups is 1. The molecule has 0 amide bonds. The van der Waals surface area contributed by atoms with Gasteiger partial charge in [0.25, 0.3) is 0 Å². The van der Waals surface area contributed by atoms with Crippen LogP contribution in [-0.4, -0.2) is 19.1 Å². The Morgan fingerprint density at radius 2 is 1.78 bits per heavy atom. The van der Waals surface area contributed by atoms with E-state index in [1.54, 1.807) is 6.92 Å². The van der Waals surface area contributed by atoms with Crippen molar-refractivity contribution in [2.45, 2.75) is 25.9 Å². The topological polar surface area (TPSA) is 61.5 Å². The summed E-state index contributed by atoms with van der Waals surface area (Å²) in [5.41, 5.74) is 7.93. The van der Waals surface area contributed by atoms with Crippen molar-refractivity contribution in [3.63, 3.8) is 0 Å². The van der Waals surface area contributed by atoms with Crippen LogP contribution in [0.5, 0.6) is 5.75 Å². The average Bonchev–Trinajstić information content (AvgIpc) is 2.59. The predicted octanol–water partition coefficient (Wildman–Crippen LogP) is 3.26. The number of benzene rings is 2. The molecule has 0 saturated heterocycles. The molecule has 0 spiro atoms. The van der Waals surface area contributed by atoms with Crippen LogP contribution in [0.3, 0.4) is 0 Å². The van der Waals surface area contributed by atoms with Gasteiger partial charge in [-0.25, -0.2) is 0 Å². The van der Waals surface area contributed by atoms with E-state index in [4.69, 9.17) is 15.2 Å². The van der Waals surface area contributed by atoms with Crippen molar-refractivity contribution < 1.29 is 14.3 Å². The molecule has 0 radical (unpaired) electrons. The third kappa shape index (κ3) is 5.42. The van der Waals surface area contributed by atoms with E-state index in [0.717, 1.165) is 16.9 Å². The number of esters is 1. The lowest BCUT2D eigenvalue weighted by molar-refractivity contribution is -0.143. The third-order valence-corrected chi connectivity index (χ3v) is 3.60. The molecule has 2 aromatic carbocycles. The van der Waals surface area contributed by atoms with Gasteiger partial charge in [-0.15, -0.1) is 0 Å². The summed E-state index contributed by atoms with van der Waals surface area (Å²) in [6.45, 7) is 3.13. The largest absolute Gasteiger partial charge is 0.489 e. The van der Waals surface area contributed by atoms with Crippen molar-refractivity contribution in [3.8, 4) is 5.75 Å². The molecule has 0 fully saturated rings. The highest BCUT2D eigenvalue weighted by atomic mass is 16.5. The highest BCUT2D eigenvalue weighted by Gasteiger charge is 2.15. The van der Waals surface area contributed by atoms with E-state index < -0.39 is 0 Å². The van der Waals surface area contributed by atoms with Gasteiger partial charge in [0.2, 0.25) is 0 Å². The van der Waals surface area contributed by atoms with Gasteiger partial charge in [0, 0.05) is 5.92 Å². The molecule has 0 heterocycles. The Morgan fingerprint density at radius 1 is 1.09 bits per heavy atom. The summed E-state index contributed by atoms with van der Waals surface area (Å²) in [4.78, 5) is 11.6. The fourth-order valence-electron chi connectivity index (χ4n) is 2.34. The number of rotatable bonds is 8. The molecule has 122 valence electrons. The second-order valence-corrected chi connectivity index (χ2v) is 5.29. The number of nitrogens with two attached hydrogens (primary N) is 1. The minimum Gasteiger partial charge on any atom is -0.489 e. The zero-order valence-corrected chi connectivity index (χ0v) is 13.4. The Bertz CT molecular complexity index is 596. The predicted molar refractivity (Wildman–Crippen MR) is 90.3 cm³/mol. The number of hydrogen-bond donors (Lipinski definition) is 1. The van der Waals surface area contributed by atoms with Crippen molar-refractivity contribution in [1.29, 1.82) is 0 Å². The smallest absolute Gasteiger partial charge is 0.306 e. The second kappa shape index (κ2) is 8.96. The Labute approximate surface area is 137 Å². The first kappa shape index (κ1) is 17.0. The molecule has 23 heavy (non-hydrogen) atoms. The first-order valence-electron chi connectivity index (χ1n) is 7.85. The summed E-state index contributed by atoms with van der Waals surface area (Å²) in [5.74, 6) is 0.550. The summed E-state index contributed by atoms with van der Waals surface area (Å²) >= 11 is 0. The summed E-state index contributed by atoms with van der Waals surface area (Å²) in [6.07, 6.45) is 0.300. The van der Waals surface area contributed by atoms with E-state index in [2.05, 4.69) is 0 Å². The van der Waals surface area contributed by atoms with Gasteiger partial charge in [0.15, 0.2) is 0 Å². The Kier molecular flexibility index (Phi) is 6.63. The second-order valence-electron chi connectivity index (χ2n) is 5.29. The lowest BCUT2D eigenvalue weighted by atomic mass is 9.96. The quantitative estimate of drug-likeness (QED) is 0.760. The highest BCUT2D eigenvalue weighted by Crippen LogP contribution is 2.22. The van der Waals surface area contributed by atoms with Gasteiger partial charge in [-0.2, -0.15) is 0 Å². The Hall–Kier alpha value is -2.33. The molecule has 1 atom stereocenters. The molecule has 0 aliphatic heterocycles. The van der Waals surface area contributed by atoms with Crippen molar-refractivity contribution in [2.75, 3.05) is 13.2 Å². The first-order valence-corrected chi connectivity index (χ1v) is 7.85. The Morgan fingerprint density at radius 3 is 2.39 bits per heavy atom. The minimum atomic E-state index is -0.215. The number of carbonyl (C=O) groups excluding carboxylic acids is 1. The zero-order valence-electron chi connectivity index (χ0n) is 13.4. The van der Waals surface area contributed by atoms with Gasteiger partial charge in [0.1, 0.15) is 12.4 Å². The van der Waals surface area contributed by atoms with Crippen LogP contribution in [0.15, 0.2) is 54.6 Å². The van der Waals surface area contributed by atoms with Crippen LogP contribution in [0.1, 0.15) is 30.4 Å². The molecule has 1 unspecified atom stereocenters. The van der Waals surface area contributed by atoms with Crippen molar-refractivity contribution in [1.82, 2.24) is 0 Å². The molecule has 0 bridgehead atoms. The van der Waals surface area contributed by atoms with Gasteiger partial charge in [-0.05, 0) is 36.7 Å². The standard InChI is InChI=1S/C19H23NO3/c1-2-22-19(21)12-17(13-20)16-8-10-18(11-9-16)23-14-15-6-4-3-5-7-15/h3-11,17H,2,12-14,20H2,1H3. The molecule has 2 aromatic rings. The zero-order chi connectivity index (χ0) is 16.5. The van der Waals surface area contributed by atoms with Crippen molar-refractivity contribution in [3.05, 3.63) is 65.7 Å². The SMILES string of the molecule is CCOC(=O)CC(CN)c1ccc(OCc2ccccc2)cc1. The molecule has 2 rings (SSSR count). The van der Waals surface area contributed by atoms with Crippen LogP contribution in [0.4, 0.5) is 0 Å². The summed E-state index contributed by atoms with van der Waals surface area (Å²) in [7, 11) is 0. The van der Waals surface area contributed by atoms with Crippen LogP contribution in [0, 0.1) is 0 Å².